The average Bonchev–Trinajstić information content (AvgIpc) is 3.48. The zero-order chi connectivity index (χ0) is 29.2. The summed E-state index contributed by atoms with van der Waals surface area (Å²) in [7, 11) is 0. The molecule has 7 nitrogen and oxygen atoms in total. The van der Waals surface area contributed by atoms with Crippen molar-refractivity contribution in [2.24, 2.45) is 17.8 Å². The van der Waals surface area contributed by atoms with E-state index in [0.717, 1.165) is 28.3 Å². The molecule has 0 spiro atoms. The largest absolute Gasteiger partial charge is 0.490 e. The maximum atomic E-state index is 15.1. The number of pyridine rings is 1. The number of benzene rings is 2. The monoisotopic (exact) mass is 565 g/mol. The molecule has 4 atom stereocenters. The Morgan fingerprint density at radius 2 is 1.80 bits per heavy atom. The van der Waals surface area contributed by atoms with Crippen molar-refractivity contribution in [1.29, 1.82) is 0 Å². The number of rotatable bonds is 9. The van der Waals surface area contributed by atoms with Crippen molar-refractivity contribution >= 4 is 5.97 Å². The maximum absolute atomic E-state index is 15.1. The molecule has 0 saturated heterocycles. The van der Waals surface area contributed by atoms with Crippen LogP contribution in [0, 0.1) is 43.2 Å². The summed E-state index contributed by atoms with van der Waals surface area (Å²) in [5.41, 5.74) is 3.46. The Morgan fingerprint density at radius 1 is 1.10 bits per heavy atom. The molecule has 9 heteroatoms. The first kappa shape index (κ1) is 27.6. The smallest absolute Gasteiger partial charge is 0.307 e. The number of carbonyl (C=O) groups is 1. The Bertz CT molecular complexity index is 1510. The predicted molar refractivity (Wildman–Crippen MR) is 146 cm³/mol. The second-order valence-electron chi connectivity index (χ2n) is 12.0. The number of aryl methyl sites for hydroxylation is 2. The highest BCUT2D eigenvalue weighted by Gasteiger charge is 2.60. The molecule has 2 saturated carbocycles. The molecule has 0 aliphatic heterocycles. The first-order chi connectivity index (χ1) is 19.5. The van der Waals surface area contributed by atoms with E-state index in [0.29, 0.717) is 36.5 Å². The fourth-order valence-corrected chi connectivity index (χ4v) is 6.64. The molecule has 0 amide bonds. The third kappa shape index (κ3) is 4.95. The van der Waals surface area contributed by atoms with Crippen molar-refractivity contribution in [3.8, 4) is 22.8 Å². The fourth-order valence-electron chi connectivity index (χ4n) is 6.64. The lowest BCUT2D eigenvalue weighted by atomic mass is 9.72. The summed E-state index contributed by atoms with van der Waals surface area (Å²) >= 11 is 0. The van der Waals surface area contributed by atoms with Gasteiger partial charge in [0.25, 0.3) is 0 Å². The maximum Gasteiger partial charge on any atom is 0.307 e. The van der Waals surface area contributed by atoms with Gasteiger partial charge >= 0.3 is 5.97 Å². The van der Waals surface area contributed by atoms with E-state index in [4.69, 9.17) is 9.47 Å². The summed E-state index contributed by atoms with van der Waals surface area (Å²) in [5, 5.41) is 28.9. The Morgan fingerprint density at radius 3 is 2.46 bits per heavy atom. The van der Waals surface area contributed by atoms with Gasteiger partial charge in [0.1, 0.15) is 24.0 Å². The molecule has 2 fully saturated rings. The minimum absolute atomic E-state index is 0.0117. The average molecular weight is 566 g/mol. The topological polar surface area (TPSA) is 109 Å². The molecular weight excluding hydrogens is 532 g/mol. The molecule has 1 aromatic heterocycles. The van der Waals surface area contributed by atoms with E-state index in [1.54, 1.807) is 19.2 Å². The van der Waals surface area contributed by atoms with Gasteiger partial charge < -0.3 is 24.8 Å². The molecule has 0 bridgehead atoms. The molecule has 3 N–H and O–H groups in total. The Kier molecular flexibility index (Phi) is 6.77. The summed E-state index contributed by atoms with van der Waals surface area (Å²) in [5.74, 6) is -1.47. The summed E-state index contributed by atoms with van der Waals surface area (Å²) in [4.78, 5) is 15.6. The van der Waals surface area contributed by atoms with Crippen LogP contribution in [-0.4, -0.2) is 44.6 Å². The minimum atomic E-state index is -1.13. The molecule has 0 unspecified atom stereocenters. The summed E-state index contributed by atoms with van der Waals surface area (Å²) in [6.07, 6.45) is 3.50. The van der Waals surface area contributed by atoms with Gasteiger partial charge in [-0.3, -0.25) is 4.79 Å². The number of halogens is 2. The highest BCUT2D eigenvalue weighted by atomic mass is 19.1. The molecule has 6 rings (SSSR count). The van der Waals surface area contributed by atoms with E-state index in [1.807, 2.05) is 26.0 Å². The van der Waals surface area contributed by atoms with Crippen LogP contribution in [-0.2, 0) is 17.8 Å². The van der Waals surface area contributed by atoms with Crippen molar-refractivity contribution in [2.75, 3.05) is 6.61 Å². The lowest BCUT2D eigenvalue weighted by Crippen LogP contribution is -2.49. The van der Waals surface area contributed by atoms with Gasteiger partial charge in [0.2, 0.25) is 5.88 Å². The van der Waals surface area contributed by atoms with Crippen LogP contribution in [0.3, 0.4) is 0 Å². The number of hydrogen-bond acceptors (Lipinski definition) is 6. The molecule has 1 heterocycles. The molecule has 2 aromatic carbocycles. The number of aliphatic carboxylic acids is 1. The van der Waals surface area contributed by atoms with Crippen molar-refractivity contribution in [3.63, 3.8) is 0 Å². The van der Waals surface area contributed by atoms with Crippen LogP contribution in [0.1, 0.15) is 53.5 Å². The number of aliphatic hydroxyl groups excluding tert-OH is 1. The Balaban J connectivity index is 1.16. The van der Waals surface area contributed by atoms with E-state index >= 15 is 4.39 Å². The van der Waals surface area contributed by atoms with Crippen molar-refractivity contribution < 1.29 is 38.4 Å². The molecule has 3 aliphatic carbocycles. The normalized spacial score (nSPS) is 25.5. The zero-order valence-corrected chi connectivity index (χ0v) is 23.2. The minimum Gasteiger partial charge on any atom is -0.490 e. The number of hydrogen-bond donors (Lipinski definition) is 3. The van der Waals surface area contributed by atoms with E-state index in [1.165, 1.54) is 6.07 Å². The molecule has 0 radical (unpaired) electrons. The van der Waals surface area contributed by atoms with E-state index in [-0.39, 0.29) is 54.1 Å². The van der Waals surface area contributed by atoms with E-state index in [2.05, 4.69) is 4.98 Å². The van der Waals surface area contributed by atoms with Crippen LogP contribution in [0.15, 0.2) is 36.5 Å². The van der Waals surface area contributed by atoms with Gasteiger partial charge in [0.05, 0.1) is 24.2 Å². The van der Waals surface area contributed by atoms with Crippen LogP contribution in [0.25, 0.3) is 11.1 Å². The van der Waals surface area contributed by atoms with Crippen LogP contribution in [0.2, 0.25) is 0 Å². The number of carboxylic acids is 1. The van der Waals surface area contributed by atoms with Gasteiger partial charge in [-0.25, -0.2) is 13.8 Å². The van der Waals surface area contributed by atoms with Crippen LogP contribution < -0.4 is 9.47 Å². The lowest BCUT2D eigenvalue weighted by molar-refractivity contribution is -0.139. The Hall–Kier alpha value is -3.56. The summed E-state index contributed by atoms with van der Waals surface area (Å²) < 4.78 is 41.7. The molecule has 41 heavy (non-hydrogen) atoms. The Labute approximate surface area is 236 Å². The zero-order valence-electron chi connectivity index (χ0n) is 23.2. The number of fused-ring (bicyclic) bond motifs is 3. The lowest BCUT2D eigenvalue weighted by Gasteiger charge is -2.43. The van der Waals surface area contributed by atoms with Gasteiger partial charge in [-0.15, -0.1) is 0 Å². The van der Waals surface area contributed by atoms with Crippen molar-refractivity contribution in [1.82, 2.24) is 4.98 Å². The van der Waals surface area contributed by atoms with Crippen LogP contribution in [0.5, 0.6) is 11.6 Å². The number of nitrogens with zero attached hydrogens (tertiary/aromatic N) is 1. The third-order valence-electron chi connectivity index (χ3n) is 9.15. The molecule has 3 aromatic rings. The molecular formula is C32H33F2NO6. The summed E-state index contributed by atoms with van der Waals surface area (Å²) in [6, 6.07) is 7.77. The number of carboxylic acid groups (broad SMARTS) is 1. The van der Waals surface area contributed by atoms with Gasteiger partial charge in [-0.2, -0.15) is 0 Å². The second kappa shape index (κ2) is 10.1. The highest BCUT2D eigenvalue weighted by Crippen LogP contribution is 2.61. The van der Waals surface area contributed by atoms with Gasteiger partial charge in [0.15, 0.2) is 0 Å². The van der Waals surface area contributed by atoms with Gasteiger partial charge in [-0.05, 0) is 97.9 Å². The molecule has 216 valence electrons. The fraction of sp³-hybridized carbons (Fsp3) is 0.438. The third-order valence-corrected chi connectivity index (χ3v) is 9.15. The SMILES string of the molecule is Cc1cc(O[C@H]2C[C@@H]([C@](C)(O)CO)C2)cc(C)c1-c1cc(COc2cc3c(cn2)[C@H]2[C@@H](C3)[C@@H]2C(=O)O)c(F)cc1F. The van der Waals surface area contributed by atoms with E-state index < -0.39 is 23.2 Å². The first-order valence-corrected chi connectivity index (χ1v) is 13.9. The predicted octanol–water partition coefficient (Wildman–Crippen LogP) is 5.09. The van der Waals surface area contributed by atoms with Crippen molar-refractivity contribution in [3.05, 3.63) is 76.0 Å². The number of aliphatic hydroxyl groups is 2. The van der Waals surface area contributed by atoms with Crippen LogP contribution >= 0.6 is 0 Å². The molecule has 3 aliphatic rings. The number of aromatic nitrogens is 1. The second-order valence-corrected chi connectivity index (χ2v) is 12.0. The summed E-state index contributed by atoms with van der Waals surface area (Å²) in [6.45, 7) is 4.88. The van der Waals surface area contributed by atoms with Crippen LogP contribution in [0.4, 0.5) is 8.78 Å². The van der Waals surface area contributed by atoms with Gasteiger partial charge in [0, 0.05) is 35.4 Å². The van der Waals surface area contributed by atoms with Gasteiger partial charge in [-0.1, -0.05) is 0 Å². The van der Waals surface area contributed by atoms with Crippen molar-refractivity contribution in [2.45, 2.75) is 64.3 Å². The van der Waals surface area contributed by atoms with E-state index in [9.17, 15) is 24.5 Å². The first-order valence-electron chi connectivity index (χ1n) is 13.9. The highest BCUT2D eigenvalue weighted by molar-refractivity contribution is 5.78. The quantitative estimate of drug-likeness (QED) is 0.332. The standard InChI is InChI=1S/C32H33F2NO6/c1-15-4-20(41-21-9-19(10-21)32(3,39)14-36)5-16(2)28(15)22-7-18(25(33)11-26(22)34)13-40-27-8-17-6-23-29(24(17)12-35-27)30(23)31(37)38/h4-5,7-8,11-12,19,21,23,29-30,36,39H,6,9-10,13-14H2,1-3H3,(H,37,38)/t19-,21+,23-,29-,30+,32-/m1/s1. The number of ether oxygens (including phenoxy) is 2.